The van der Waals surface area contributed by atoms with Crippen LogP contribution in [0.3, 0.4) is 0 Å². The zero-order chi connectivity index (χ0) is 11.1. The molecule has 0 unspecified atom stereocenters. The molecule has 0 amide bonds. The number of thiophene rings is 1. The monoisotopic (exact) mass is 293 g/mol. The second kappa shape index (κ2) is 3.61. The van der Waals surface area contributed by atoms with Crippen molar-refractivity contribution in [1.82, 2.24) is 9.97 Å². The van der Waals surface area contributed by atoms with Gasteiger partial charge in [0.05, 0.1) is 15.0 Å². The Kier molecular flexibility index (Phi) is 2.22. The first-order valence-electron chi connectivity index (χ1n) is 4.72. The maximum absolute atomic E-state index is 5.86. The molecule has 16 heavy (non-hydrogen) atoms. The van der Waals surface area contributed by atoms with Crippen LogP contribution in [0.1, 0.15) is 0 Å². The highest BCUT2D eigenvalue weighted by atomic mass is 79.9. The van der Waals surface area contributed by atoms with Crippen molar-refractivity contribution in [3.8, 4) is 11.4 Å². The Bertz CT molecular complexity index is 656. The van der Waals surface area contributed by atoms with Crippen molar-refractivity contribution >= 4 is 44.0 Å². The number of fused-ring (bicyclic) bond motifs is 1. The zero-order valence-electron chi connectivity index (χ0n) is 8.20. The number of halogens is 1. The van der Waals surface area contributed by atoms with E-state index in [0.717, 1.165) is 26.2 Å². The maximum atomic E-state index is 5.86. The molecule has 3 nitrogen and oxygen atoms in total. The van der Waals surface area contributed by atoms with Gasteiger partial charge in [0.15, 0.2) is 0 Å². The summed E-state index contributed by atoms with van der Waals surface area (Å²) in [6.45, 7) is 0. The molecular weight excluding hydrogens is 286 g/mol. The molecule has 0 aliphatic carbocycles. The third kappa shape index (κ3) is 1.52. The molecule has 0 radical (unpaired) electrons. The number of aromatic amines is 1. The number of nitrogens with two attached hydrogens (primary N) is 1. The van der Waals surface area contributed by atoms with Crippen molar-refractivity contribution < 1.29 is 0 Å². The predicted molar refractivity (Wildman–Crippen MR) is 71.5 cm³/mol. The molecule has 0 saturated heterocycles. The molecule has 0 spiro atoms. The third-order valence-corrected chi connectivity index (χ3v) is 3.89. The quantitative estimate of drug-likeness (QED) is 0.673. The van der Waals surface area contributed by atoms with Crippen LogP contribution in [0, 0.1) is 0 Å². The van der Waals surface area contributed by atoms with Crippen LogP contribution < -0.4 is 5.73 Å². The highest BCUT2D eigenvalue weighted by Crippen LogP contribution is 2.29. The van der Waals surface area contributed by atoms with Crippen LogP contribution in [-0.2, 0) is 0 Å². The smallest absolute Gasteiger partial charge is 0.139 e. The Hall–Kier alpha value is -1.33. The summed E-state index contributed by atoms with van der Waals surface area (Å²) >= 11 is 5.08. The van der Waals surface area contributed by atoms with Crippen LogP contribution in [-0.4, -0.2) is 9.97 Å². The van der Waals surface area contributed by atoms with Crippen molar-refractivity contribution in [2.24, 2.45) is 0 Å². The van der Waals surface area contributed by atoms with Crippen LogP contribution in [0.15, 0.2) is 33.4 Å². The van der Waals surface area contributed by atoms with Gasteiger partial charge in [0.2, 0.25) is 0 Å². The van der Waals surface area contributed by atoms with E-state index in [1.54, 1.807) is 11.3 Å². The number of hydrogen-bond acceptors (Lipinski definition) is 3. The number of nitrogens with one attached hydrogen (secondary N) is 1. The molecule has 2 aromatic heterocycles. The van der Waals surface area contributed by atoms with Gasteiger partial charge in [0.1, 0.15) is 11.3 Å². The molecule has 1 aromatic carbocycles. The van der Waals surface area contributed by atoms with E-state index in [4.69, 9.17) is 5.73 Å². The van der Waals surface area contributed by atoms with E-state index >= 15 is 0 Å². The van der Waals surface area contributed by atoms with Crippen molar-refractivity contribution in [2.75, 3.05) is 5.73 Å². The van der Waals surface area contributed by atoms with Crippen LogP contribution >= 0.6 is 27.3 Å². The fraction of sp³-hybridized carbons (Fsp3) is 0. The van der Waals surface area contributed by atoms with Gasteiger partial charge in [0.25, 0.3) is 0 Å². The summed E-state index contributed by atoms with van der Waals surface area (Å²) in [6.07, 6.45) is 0. The second-order valence-corrected chi connectivity index (χ2v) is 5.76. The van der Waals surface area contributed by atoms with Crippen LogP contribution in [0.2, 0.25) is 0 Å². The van der Waals surface area contributed by atoms with E-state index in [1.807, 2.05) is 24.3 Å². The lowest BCUT2D eigenvalue weighted by molar-refractivity contribution is 1.35. The number of para-hydroxylation sites is 1. The fourth-order valence-corrected chi connectivity index (χ4v) is 2.77. The molecule has 0 saturated carbocycles. The molecule has 3 N–H and O–H groups in total. The van der Waals surface area contributed by atoms with Gasteiger partial charge in [-0.1, -0.05) is 6.07 Å². The van der Waals surface area contributed by atoms with E-state index in [9.17, 15) is 0 Å². The van der Waals surface area contributed by atoms with Crippen molar-refractivity contribution in [3.05, 3.63) is 33.4 Å². The van der Waals surface area contributed by atoms with E-state index in [2.05, 4.69) is 31.3 Å². The Morgan fingerprint density at radius 3 is 2.94 bits per heavy atom. The van der Waals surface area contributed by atoms with Gasteiger partial charge in [-0.15, -0.1) is 11.3 Å². The fourth-order valence-electron chi connectivity index (χ4n) is 1.63. The lowest BCUT2D eigenvalue weighted by Gasteiger charge is -1.90. The molecule has 0 aliphatic heterocycles. The number of anilines is 1. The van der Waals surface area contributed by atoms with Gasteiger partial charge in [-0.3, -0.25) is 0 Å². The zero-order valence-corrected chi connectivity index (χ0v) is 10.6. The summed E-state index contributed by atoms with van der Waals surface area (Å²) in [5.74, 6) is 0.856. The highest BCUT2D eigenvalue weighted by molar-refractivity contribution is 9.11. The van der Waals surface area contributed by atoms with E-state index in [1.165, 1.54) is 0 Å². The van der Waals surface area contributed by atoms with Crippen LogP contribution in [0.25, 0.3) is 22.4 Å². The summed E-state index contributed by atoms with van der Waals surface area (Å²) in [4.78, 5) is 7.76. The lowest BCUT2D eigenvalue weighted by atomic mass is 10.3. The molecule has 5 heteroatoms. The molecule has 3 rings (SSSR count). The van der Waals surface area contributed by atoms with E-state index in [-0.39, 0.29) is 0 Å². The number of imidazole rings is 1. The second-order valence-electron chi connectivity index (χ2n) is 3.47. The molecule has 2 heterocycles. The topological polar surface area (TPSA) is 54.7 Å². The maximum Gasteiger partial charge on any atom is 0.139 e. The average Bonchev–Trinajstić information content (AvgIpc) is 2.84. The Morgan fingerprint density at radius 2 is 2.25 bits per heavy atom. The van der Waals surface area contributed by atoms with Gasteiger partial charge in [0, 0.05) is 10.9 Å². The van der Waals surface area contributed by atoms with Gasteiger partial charge >= 0.3 is 0 Å². The SMILES string of the molecule is Nc1cccc2[nH]c(-c3csc(Br)c3)nc12. The minimum absolute atomic E-state index is 0.703. The summed E-state index contributed by atoms with van der Waals surface area (Å²) < 4.78 is 1.09. The van der Waals surface area contributed by atoms with Gasteiger partial charge < -0.3 is 10.7 Å². The number of aromatic nitrogens is 2. The Balaban J connectivity index is 2.22. The number of benzene rings is 1. The standard InChI is InChI=1S/C11H8BrN3S/c12-9-4-6(5-16-9)11-14-8-3-1-2-7(13)10(8)15-11/h1-5H,13H2,(H,14,15). The number of hydrogen-bond donors (Lipinski definition) is 2. The molecule has 0 atom stereocenters. The van der Waals surface area contributed by atoms with Crippen molar-refractivity contribution in [1.29, 1.82) is 0 Å². The van der Waals surface area contributed by atoms with Gasteiger partial charge in [-0.2, -0.15) is 0 Å². The van der Waals surface area contributed by atoms with Crippen molar-refractivity contribution in [2.45, 2.75) is 0 Å². The Labute approximate surface area is 104 Å². The van der Waals surface area contributed by atoms with Gasteiger partial charge in [-0.05, 0) is 34.1 Å². The molecule has 0 aliphatic rings. The van der Waals surface area contributed by atoms with E-state index < -0.39 is 0 Å². The normalized spacial score (nSPS) is 11.1. The third-order valence-electron chi connectivity index (χ3n) is 2.38. The van der Waals surface area contributed by atoms with Crippen LogP contribution in [0.4, 0.5) is 5.69 Å². The summed E-state index contributed by atoms with van der Waals surface area (Å²) in [5, 5.41) is 2.05. The largest absolute Gasteiger partial charge is 0.397 e. The molecule has 3 aromatic rings. The summed E-state index contributed by atoms with van der Waals surface area (Å²) in [7, 11) is 0. The minimum atomic E-state index is 0.703. The highest BCUT2D eigenvalue weighted by Gasteiger charge is 2.08. The molecule has 0 fully saturated rings. The number of nitrogens with zero attached hydrogens (tertiary/aromatic N) is 1. The lowest BCUT2D eigenvalue weighted by Crippen LogP contribution is -1.84. The molecular formula is C11H8BrN3S. The first-order valence-corrected chi connectivity index (χ1v) is 6.40. The molecule has 80 valence electrons. The number of H-pyrrole nitrogens is 1. The number of nitrogen functional groups attached to an aromatic ring is 1. The van der Waals surface area contributed by atoms with Crippen molar-refractivity contribution in [3.63, 3.8) is 0 Å². The average molecular weight is 294 g/mol. The van der Waals surface area contributed by atoms with E-state index in [0.29, 0.717) is 5.69 Å². The van der Waals surface area contributed by atoms with Gasteiger partial charge in [-0.25, -0.2) is 4.98 Å². The van der Waals surface area contributed by atoms with Crippen LogP contribution in [0.5, 0.6) is 0 Å². The summed E-state index contributed by atoms with van der Waals surface area (Å²) in [5.41, 5.74) is 9.45. The first kappa shape index (κ1) is 9.86. The minimum Gasteiger partial charge on any atom is -0.397 e. The molecule has 0 bridgehead atoms. The first-order chi connectivity index (χ1) is 7.74. The number of rotatable bonds is 1. The summed E-state index contributed by atoms with van der Waals surface area (Å²) in [6, 6.07) is 7.79. The Morgan fingerprint density at radius 1 is 1.38 bits per heavy atom. The predicted octanol–water partition coefficient (Wildman–Crippen LogP) is 3.64.